The second kappa shape index (κ2) is 10.7. The fourth-order valence-corrected chi connectivity index (χ4v) is 5.11. The molecule has 0 unspecified atom stereocenters. The Kier molecular flexibility index (Phi) is 7.06. The summed E-state index contributed by atoms with van der Waals surface area (Å²) in [5.74, 6) is 0.0566. The molecule has 5 rings (SSSR count). The van der Waals surface area contributed by atoms with Crippen LogP contribution in [0.3, 0.4) is 0 Å². The highest BCUT2D eigenvalue weighted by Crippen LogP contribution is 2.31. The zero-order valence-electron chi connectivity index (χ0n) is 19.7. The number of nitrogens with zero attached hydrogens (tertiary/aromatic N) is 2. The number of rotatable bonds is 6. The Morgan fingerprint density at radius 3 is 2.47 bits per heavy atom. The zero-order chi connectivity index (χ0) is 23.2. The summed E-state index contributed by atoms with van der Waals surface area (Å²) in [7, 11) is 0. The van der Waals surface area contributed by atoms with Crippen LogP contribution in [0, 0.1) is 0 Å². The maximum absolute atomic E-state index is 13.6. The lowest BCUT2D eigenvalue weighted by atomic mass is 9.99. The Morgan fingerprint density at radius 1 is 0.971 bits per heavy atom. The summed E-state index contributed by atoms with van der Waals surface area (Å²) in [4.78, 5) is 18.1. The van der Waals surface area contributed by atoms with Crippen molar-refractivity contribution in [1.82, 2.24) is 4.90 Å². The van der Waals surface area contributed by atoms with Gasteiger partial charge in [-0.3, -0.25) is 9.69 Å². The van der Waals surface area contributed by atoms with Gasteiger partial charge in [-0.1, -0.05) is 66.7 Å². The van der Waals surface area contributed by atoms with E-state index < -0.39 is 0 Å². The van der Waals surface area contributed by atoms with E-state index in [2.05, 4.69) is 58.7 Å². The largest absolute Gasteiger partial charge is 0.385 e. The molecule has 3 aromatic rings. The van der Waals surface area contributed by atoms with E-state index in [1.165, 1.54) is 16.8 Å². The van der Waals surface area contributed by atoms with Crippen molar-refractivity contribution in [2.75, 3.05) is 29.9 Å². The van der Waals surface area contributed by atoms with Crippen LogP contribution in [0.4, 0.5) is 11.4 Å². The lowest BCUT2D eigenvalue weighted by Gasteiger charge is -2.38. The standard InChI is InChI=1S/C30H33N3O/c34-30(16-13-24-8-3-1-4-9-24)33(28-15-14-26-12-7-19-31-29(26)22-28)27-17-20-32(21-18-27)23-25-10-5-2-6-11-25/h1-6,8-11,13-16,22,27,31H,7,12,17-21,23H2. The van der Waals surface area contributed by atoms with Gasteiger partial charge in [0.1, 0.15) is 0 Å². The number of fused-ring (bicyclic) bond motifs is 1. The van der Waals surface area contributed by atoms with Gasteiger partial charge in [0.25, 0.3) is 5.91 Å². The third-order valence-corrected chi connectivity index (χ3v) is 6.94. The third-order valence-electron chi connectivity index (χ3n) is 6.94. The minimum absolute atomic E-state index is 0.0566. The summed E-state index contributed by atoms with van der Waals surface area (Å²) in [5, 5.41) is 3.53. The molecule has 0 saturated carbocycles. The van der Waals surface area contributed by atoms with Crippen molar-refractivity contribution >= 4 is 23.4 Å². The molecule has 1 saturated heterocycles. The Labute approximate surface area is 202 Å². The summed E-state index contributed by atoms with van der Waals surface area (Å²) in [6, 6.07) is 27.4. The quantitative estimate of drug-likeness (QED) is 0.484. The molecule has 4 heteroatoms. The summed E-state index contributed by atoms with van der Waals surface area (Å²) in [6.45, 7) is 3.96. The Balaban J connectivity index is 1.35. The average Bonchev–Trinajstić information content (AvgIpc) is 2.90. The Hall–Kier alpha value is -3.37. The van der Waals surface area contributed by atoms with E-state index in [0.717, 1.165) is 63.1 Å². The maximum Gasteiger partial charge on any atom is 0.251 e. The van der Waals surface area contributed by atoms with E-state index in [0.29, 0.717) is 0 Å². The number of amides is 1. The molecular formula is C30H33N3O. The monoisotopic (exact) mass is 451 g/mol. The molecule has 0 aromatic heterocycles. The molecule has 0 radical (unpaired) electrons. The molecule has 3 aromatic carbocycles. The number of hydrogen-bond donors (Lipinski definition) is 1. The molecule has 34 heavy (non-hydrogen) atoms. The molecule has 0 aliphatic carbocycles. The average molecular weight is 452 g/mol. The van der Waals surface area contributed by atoms with Gasteiger partial charge >= 0.3 is 0 Å². The molecule has 1 amide bonds. The van der Waals surface area contributed by atoms with Crippen LogP contribution in [0.5, 0.6) is 0 Å². The molecular weight excluding hydrogens is 418 g/mol. The van der Waals surface area contributed by atoms with E-state index in [-0.39, 0.29) is 11.9 Å². The number of anilines is 2. The van der Waals surface area contributed by atoms with Gasteiger partial charge in [-0.2, -0.15) is 0 Å². The third kappa shape index (κ3) is 5.40. The van der Waals surface area contributed by atoms with Crippen LogP contribution >= 0.6 is 0 Å². The van der Waals surface area contributed by atoms with Crippen molar-refractivity contribution in [2.45, 2.75) is 38.3 Å². The van der Waals surface area contributed by atoms with Crippen molar-refractivity contribution in [3.8, 4) is 0 Å². The van der Waals surface area contributed by atoms with Gasteiger partial charge < -0.3 is 10.2 Å². The lowest BCUT2D eigenvalue weighted by molar-refractivity contribution is -0.114. The second-order valence-electron chi connectivity index (χ2n) is 9.32. The van der Waals surface area contributed by atoms with Crippen LogP contribution in [-0.2, 0) is 17.8 Å². The number of aryl methyl sites for hydroxylation is 1. The molecule has 0 atom stereocenters. The van der Waals surface area contributed by atoms with Crippen molar-refractivity contribution in [2.24, 2.45) is 0 Å². The van der Waals surface area contributed by atoms with E-state index in [9.17, 15) is 4.79 Å². The SMILES string of the molecule is O=C(C=Cc1ccccc1)N(c1ccc2c(c1)NCCC2)C1CCN(Cc2ccccc2)CC1. The summed E-state index contributed by atoms with van der Waals surface area (Å²) in [5.41, 5.74) is 5.91. The first kappa shape index (κ1) is 22.4. The number of carbonyl (C=O) groups excluding carboxylic acids is 1. The van der Waals surface area contributed by atoms with E-state index >= 15 is 0 Å². The molecule has 0 bridgehead atoms. The van der Waals surface area contributed by atoms with Gasteiger partial charge in [-0.05, 0) is 60.6 Å². The summed E-state index contributed by atoms with van der Waals surface area (Å²) in [6.07, 6.45) is 7.87. The minimum atomic E-state index is 0.0566. The molecule has 2 aliphatic rings. The van der Waals surface area contributed by atoms with Crippen LogP contribution in [0.15, 0.2) is 84.9 Å². The molecule has 2 heterocycles. The van der Waals surface area contributed by atoms with Crippen molar-refractivity contribution in [1.29, 1.82) is 0 Å². The summed E-state index contributed by atoms with van der Waals surface area (Å²) >= 11 is 0. The molecule has 4 nitrogen and oxygen atoms in total. The van der Waals surface area contributed by atoms with Crippen molar-refractivity contribution < 1.29 is 4.79 Å². The van der Waals surface area contributed by atoms with Crippen LogP contribution in [-0.4, -0.2) is 36.5 Å². The number of likely N-dealkylation sites (tertiary alicyclic amines) is 1. The number of piperidine rings is 1. The van der Waals surface area contributed by atoms with Crippen LogP contribution in [0.1, 0.15) is 36.0 Å². The van der Waals surface area contributed by atoms with Crippen LogP contribution in [0.25, 0.3) is 6.08 Å². The minimum Gasteiger partial charge on any atom is -0.385 e. The Bertz CT molecular complexity index is 1120. The maximum atomic E-state index is 13.6. The normalized spacial score (nSPS) is 16.7. The first-order chi connectivity index (χ1) is 16.8. The van der Waals surface area contributed by atoms with Gasteiger partial charge in [-0.15, -0.1) is 0 Å². The highest BCUT2D eigenvalue weighted by molar-refractivity contribution is 6.04. The molecule has 174 valence electrons. The fraction of sp³-hybridized carbons (Fsp3) is 0.300. The number of carbonyl (C=O) groups is 1. The molecule has 1 N–H and O–H groups in total. The number of nitrogens with one attached hydrogen (secondary N) is 1. The Morgan fingerprint density at radius 2 is 1.71 bits per heavy atom. The number of benzene rings is 3. The first-order valence-electron chi connectivity index (χ1n) is 12.5. The summed E-state index contributed by atoms with van der Waals surface area (Å²) < 4.78 is 0. The van der Waals surface area contributed by atoms with Gasteiger partial charge in [0.05, 0.1) is 0 Å². The van der Waals surface area contributed by atoms with Gasteiger partial charge in [0, 0.05) is 49.7 Å². The predicted octanol–water partition coefficient (Wildman–Crippen LogP) is 5.76. The molecule has 0 spiro atoms. The molecule has 1 fully saturated rings. The molecule has 2 aliphatic heterocycles. The highest BCUT2D eigenvalue weighted by atomic mass is 16.2. The van der Waals surface area contributed by atoms with E-state index in [1.54, 1.807) is 6.08 Å². The van der Waals surface area contributed by atoms with Gasteiger partial charge in [0.2, 0.25) is 0 Å². The van der Waals surface area contributed by atoms with E-state index in [4.69, 9.17) is 0 Å². The number of hydrogen-bond acceptors (Lipinski definition) is 3. The first-order valence-corrected chi connectivity index (χ1v) is 12.5. The van der Waals surface area contributed by atoms with Crippen LogP contribution < -0.4 is 10.2 Å². The smallest absolute Gasteiger partial charge is 0.251 e. The highest BCUT2D eigenvalue weighted by Gasteiger charge is 2.29. The lowest BCUT2D eigenvalue weighted by Crippen LogP contribution is -2.47. The van der Waals surface area contributed by atoms with Gasteiger partial charge in [-0.25, -0.2) is 0 Å². The fourth-order valence-electron chi connectivity index (χ4n) is 5.11. The van der Waals surface area contributed by atoms with Crippen molar-refractivity contribution in [3.05, 3.63) is 102 Å². The van der Waals surface area contributed by atoms with Gasteiger partial charge in [0.15, 0.2) is 0 Å². The topological polar surface area (TPSA) is 35.6 Å². The predicted molar refractivity (Wildman–Crippen MR) is 141 cm³/mol. The zero-order valence-corrected chi connectivity index (χ0v) is 19.7. The van der Waals surface area contributed by atoms with Crippen molar-refractivity contribution in [3.63, 3.8) is 0 Å². The van der Waals surface area contributed by atoms with Crippen LogP contribution in [0.2, 0.25) is 0 Å². The van der Waals surface area contributed by atoms with E-state index in [1.807, 2.05) is 41.3 Å². The second-order valence-corrected chi connectivity index (χ2v) is 9.32.